The van der Waals surface area contributed by atoms with Crippen LogP contribution >= 0.6 is 0 Å². The van der Waals surface area contributed by atoms with Gasteiger partial charge in [0.2, 0.25) is 0 Å². The summed E-state index contributed by atoms with van der Waals surface area (Å²) in [7, 11) is 1.54. The van der Waals surface area contributed by atoms with Crippen LogP contribution in [-0.4, -0.2) is 48.6 Å². The van der Waals surface area contributed by atoms with Crippen LogP contribution < -0.4 is 4.74 Å². The fourth-order valence-corrected chi connectivity index (χ4v) is 3.34. The van der Waals surface area contributed by atoms with E-state index in [4.69, 9.17) is 9.47 Å². The molecule has 1 atom stereocenters. The van der Waals surface area contributed by atoms with Gasteiger partial charge in [-0.05, 0) is 24.6 Å². The van der Waals surface area contributed by atoms with Gasteiger partial charge in [-0.15, -0.1) is 0 Å². The molecular formula is C22H23NO5. The number of ether oxygens (including phenoxy) is 2. The Labute approximate surface area is 164 Å². The van der Waals surface area contributed by atoms with E-state index in [1.165, 1.54) is 12.0 Å². The lowest BCUT2D eigenvalue weighted by Gasteiger charge is -2.25. The first kappa shape index (κ1) is 19.6. The van der Waals surface area contributed by atoms with E-state index in [2.05, 4.69) is 0 Å². The van der Waals surface area contributed by atoms with Gasteiger partial charge in [-0.3, -0.25) is 9.59 Å². The maximum absolute atomic E-state index is 12.8. The molecule has 146 valence electrons. The second-order valence-electron chi connectivity index (χ2n) is 6.36. The van der Waals surface area contributed by atoms with Crippen molar-refractivity contribution >= 4 is 17.4 Å². The molecule has 6 heteroatoms. The number of likely N-dealkylation sites (tertiary alicyclic amines) is 1. The average Bonchev–Trinajstić information content (AvgIpc) is 2.97. The highest BCUT2D eigenvalue weighted by Crippen LogP contribution is 2.39. The number of aliphatic hydroxyl groups is 1. The van der Waals surface area contributed by atoms with Crippen LogP contribution in [0, 0.1) is 0 Å². The third-order valence-electron chi connectivity index (χ3n) is 4.61. The second-order valence-corrected chi connectivity index (χ2v) is 6.36. The van der Waals surface area contributed by atoms with Gasteiger partial charge < -0.3 is 19.5 Å². The van der Waals surface area contributed by atoms with Gasteiger partial charge >= 0.3 is 0 Å². The molecule has 0 spiro atoms. The number of methoxy groups -OCH3 is 1. The molecule has 1 aliphatic rings. The van der Waals surface area contributed by atoms with Crippen LogP contribution in [0.1, 0.15) is 24.1 Å². The molecular weight excluding hydrogens is 358 g/mol. The summed E-state index contributed by atoms with van der Waals surface area (Å²) in [5.41, 5.74) is 1.25. The predicted molar refractivity (Wildman–Crippen MR) is 105 cm³/mol. The monoisotopic (exact) mass is 381 g/mol. The molecule has 0 radical (unpaired) electrons. The smallest absolute Gasteiger partial charge is 0.295 e. The molecule has 0 bridgehead atoms. The van der Waals surface area contributed by atoms with Crippen molar-refractivity contribution in [2.75, 3.05) is 26.9 Å². The van der Waals surface area contributed by atoms with Gasteiger partial charge in [0.05, 0.1) is 24.8 Å². The maximum Gasteiger partial charge on any atom is 0.295 e. The van der Waals surface area contributed by atoms with E-state index in [1.807, 2.05) is 37.3 Å². The van der Waals surface area contributed by atoms with Crippen LogP contribution in [-0.2, 0) is 14.3 Å². The molecule has 1 unspecified atom stereocenters. The number of ketones is 1. The van der Waals surface area contributed by atoms with E-state index in [1.54, 1.807) is 24.3 Å². The third-order valence-corrected chi connectivity index (χ3v) is 4.61. The van der Waals surface area contributed by atoms with Gasteiger partial charge in [-0.1, -0.05) is 42.5 Å². The number of carbonyl (C=O) groups is 2. The Morgan fingerprint density at radius 1 is 1.11 bits per heavy atom. The normalized spacial score (nSPS) is 18.5. The number of amides is 1. The molecule has 28 heavy (non-hydrogen) atoms. The van der Waals surface area contributed by atoms with Crippen LogP contribution in [0.15, 0.2) is 60.2 Å². The summed E-state index contributed by atoms with van der Waals surface area (Å²) in [6.07, 6.45) is 0. The maximum atomic E-state index is 12.8. The Kier molecular flexibility index (Phi) is 6.11. The molecule has 3 rings (SSSR count). The fourth-order valence-electron chi connectivity index (χ4n) is 3.34. The van der Waals surface area contributed by atoms with Gasteiger partial charge in [0.15, 0.2) is 0 Å². The lowest BCUT2D eigenvalue weighted by atomic mass is 9.95. The molecule has 1 aliphatic heterocycles. The Morgan fingerprint density at radius 3 is 2.54 bits per heavy atom. The lowest BCUT2D eigenvalue weighted by molar-refractivity contribution is -0.140. The van der Waals surface area contributed by atoms with Crippen molar-refractivity contribution in [2.24, 2.45) is 0 Å². The average molecular weight is 381 g/mol. The minimum absolute atomic E-state index is 0.0703. The molecule has 0 saturated carbocycles. The largest absolute Gasteiger partial charge is 0.507 e. The van der Waals surface area contributed by atoms with Crippen molar-refractivity contribution in [3.05, 3.63) is 71.3 Å². The minimum Gasteiger partial charge on any atom is -0.507 e. The number of hydrogen-bond acceptors (Lipinski definition) is 5. The molecule has 0 aliphatic carbocycles. The zero-order valence-corrected chi connectivity index (χ0v) is 15.9. The van der Waals surface area contributed by atoms with E-state index in [0.717, 1.165) is 5.56 Å². The van der Waals surface area contributed by atoms with Crippen molar-refractivity contribution in [3.63, 3.8) is 0 Å². The zero-order valence-electron chi connectivity index (χ0n) is 15.9. The standard InChI is InChI=1S/C22H23NO5/c1-3-28-17-11-7-10-16(14-17)20(24)18-19(15-8-5-4-6-9-15)23(12-13-27-2)22(26)21(18)25/h4-11,14,19,24H,3,12-13H2,1-2H3/b20-18+. The van der Waals surface area contributed by atoms with Crippen LogP contribution in [0.4, 0.5) is 0 Å². The van der Waals surface area contributed by atoms with Crippen LogP contribution in [0.25, 0.3) is 5.76 Å². The number of rotatable bonds is 7. The van der Waals surface area contributed by atoms with Crippen LogP contribution in [0.2, 0.25) is 0 Å². The predicted octanol–water partition coefficient (Wildman–Crippen LogP) is 3.15. The van der Waals surface area contributed by atoms with Crippen molar-refractivity contribution in [1.82, 2.24) is 4.90 Å². The zero-order chi connectivity index (χ0) is 20.1. The van der Waals surface area contributed by atoms with E-state index in [0.29, 0.717) is 17.9 Å². The molecule has 2 aromatic carbocycles. The summed E-state index contributed by atoms with van der Waals surface area (Å²) < 4.78 is 10.6. The molecule has 0 aromatic heterocycles. The quantitative estimate of drug-likeness (QED) is 0.453. The van der Waals surface area contributed by atoms with E-state index in [9.17, 15) is 14.7 Å². The highest BCUT2D eigenvalue weighted by Gasteiger charge is 2.45. The van der Waals surface area contributed by atoms with Gasteiger partial charge in [0, 0.05) is 19.2 Å². The SMILES string of the molecule is CCOc1cccc(/C(O)=C2\C(=O)C(=O)N(CCOC)C2c2ccccc2)c1. The number of nitrogens with zero attached hydrogens (tertiary/aromatic N) is 1. The van der Waals surface area contributed by atoms with Gasteiger partial charge in [-0.2, -0.15) is 0 Å². The number of Topliss-reactive ketones (excluding diaryl/α,β-unsaturated/α-hetero) is 1. The molecule has 1 amide bonds. The van der Waals surface area contributed by atoms with Gasteiger partial charge in [0.25, 0.3) is 11.7 Å². The van der Waals surface area contributed by atoms with Crippen molar-refractivity contribution in [3.8, 4) is 5.75 Å². The molecule has 1 saturated heterocycles. The van der Waals surface area contributed by atoms with Crippen molar-refractivity contribution < 1.29 is 24.2 Å². The first-order valence-electron chi connectivity index (χ1n) is 9.14. The Balaban J connectivity index is 2.12. The summed E-state index contributed by atoms with van der Waals surface area (Å²) in [4.78, 5) is 26.9. The Bertz CT molecular complexity index is 891. The van der Waals surface area contributed by atoms with Crippen LogP contribution in [0.3, 0.4) is 0 Å². The van der Waals surface area contributed by atoms with E-state index in [-0.39, 0.29) is 24.5 Å². The van der Waals surface area contributed by atoms with Gasteiger partial charge in [-0.25, -0.2) is 0 Å². The molecule has 2 aromatic rings. The van der Waals surface area contributed by atoms with Crippen molar-refractivity contribution in [2.45, 2.75) is 13.0 Å². The summed E-state index contributed by atoms with van der Waals surface area (Å²) >= 11 is 0. The fraction of sp³-hybridized carbons (Fsp3) is 0.273. The number of carbonyl (C=O) groups excluding carboxylic acids is 2. The first-order valence-corrected chi connectivity index (χ1v) is 9.14. The minimum atomic E-state index is -0.704. The second kappa shape index (κ2) is 8.71. The molecule has 1 N–H and O–H groups in total. The topological polar surface area (TPSA) is 76.1 Å². The summed E-state index contributed by atoms with van der Waals surface area (Å²) in [6, 6.07) is 15.4. The van der Waals surface area contributed by atoms with Gasteiger partial charge in [0.1, 0.15) is 11.5 Å². The summed E-state index contributed by atoms with van der Waals surface area (Å²) in [6.45, 7) is 2.88. The highest BCUT2D eigenvalue weighted by atomic mass is 16.5. The van der Waals surface area contributed by atoms with Crippen LogP contribution in [0.5, 0.6) is 5.75 Å². The molecule has 1 heterocycles. The summed E-state index contributed by atoms with van der Waals surface area (Å²) in [5.74, 6) is -0.984. The molecule has 1 fully saturated rings. The summed E-state index contributed by atoms with van der Waals surface area (Å²) in [5, 5.41) is 11.0. The number of hydrogen-bond donors (Lipinski definition) is 1. The van der Waals surface area contributed by atoms with E-state index >= 15 is 0 Å². The number of benzene rings is 2. The van der Waals surface area contributed by atoms with E-state index < -0.39 is 17.7 Å². The first-order chi connectivity index (χ1) is 13.6. The Hall–Kier alpha value is -3.12. The number of aliphatic hydroxyl groups excluding tert-OH is 1. The Morgan fingerprint density at radius 2 is 1.86 bits per heavy atom. The lowest BCUT2D eigenvalue weighted by Crippen LogP contribution is -2.32. The van der Waals surface area contributed by atoms with Crippen molar-refractivity contribution in [1.29, 1.82) is 0 Å². The third kappa shape index (κ3) is 3.77. The molecule has 6 nitrogen and oxygen atoms in total. The highest BCUT2D eigenvalue weighted by molar-refractivity contribution is 6.46.